The summed E-state index contributed by atoms with van der Waals surface area (Å²) in [6.45, 7) is 1.76. The van der Waals surface area contributed by atoms with E-state index in [4.69, 9.17) is 0 Å². The first-order valence-electron chi connectivity index (χ1n) is 4.92. The first-order chi connectivity index (χ1) is 7.25. The highest BCUT2D eigenvalue weighted by Crippen LogP contribution is 2.22. The maximum absolute atomic E-state index is 9.37. The molecule has 1 aromatic carbocycles. The summed E-state index contributed by atoms with van der Waals surface area (Å²) in [6.07, 6.45) is 2.19. The van der Waals surface area contributed by atoms with Gasteiger partial charge >= 0.3 is 0 Å². The molecule has 1 N–H and O–H groups in total. The van der Waals surface area contributed by atoms with Crippen molar-refractivity contribution in [2.45, 2.75) is 19.4 Å². The van der Waals surface area contributed by atoms with Crippen molar-refractivity contribution in [3.8, 4) is 0 Å². The first kappa shape index (κ1) is 10.3. The van der Waals surface area contributed by atoms with Gasteiger partial charge in [-0.1, -0.05) is 30.3 Å². The molecule has 1 heterocycles. The molecular weight excluding hydrogens is 206 g/mol. The Morgan fingerprint density at radius 1 is 1.33 bits per heavy atom. The van der Waals surface area contributed by atoms with E-state index >= 15 is 0 Å². The molecule has 2 rings (SSSR count). The van der Waals surface area contributed by atoms with Crippen molar-refractivity contribution in [1.29, 1.82) is 0 Å². The summed E-state index contributed by atoms with van der Waals surface area (Å²) in [5.41, 5.74) is 1.25. The van der Waals surface area contributed by atoms with Gasteiger partial charge in [-0.05, 0) is 12.5 Å². The number of thiazole rings is 1. The van der Waals surface area contributed by atoms with Crippen LogP contribution in [0.1, 0.15) is 28.5 Å². The zero-order valence-electron chi connectivity index (χ0n) is 8.55. The lowest BCUT2D eigenvalue weighted by Gasteiger charge is -1.97. The third-order valence-corrected chi connectivity index (χ3v) is 3.35. The molecule has 0 aliphatic heterocycles. The topological polar surface area (TPSA) is 33.1 Å². The van der Waals surface area contributed by atoms with Crippen LogP contribution in [0.3, 0.4) is 0 Å². The summed E-state index contributed by atoms with van der Waals surface area (Å²) in [7, 11) is 0. The molecule has 0 radical (unpaired) electrons. The summed E-state index contributed by atoms with van der Waals surface area (Å²) in [6, 6.07) is 10.2. The normalized spacial score (nSPS) is 12.7. The van der Waals surface area contributed by atoms with Crippen LogP contribution in [-0.4, -0.2) is 10.1 Å². The van der Waals surface area contributed by atoms with Crippen LogP contribution >= 0.6 is 11.3 Å². The van der Waals surface area contributed by atoms with Crippen LogP contribution in [0, 0.1) is 0 Å². The Bertz CT molecular complexity index is 422. The molecule has 0 bridgehead atoms. The zero-order chi connectivity index (χ0) is 10.7. The van der Waals surface area contributed by atoms with Gasteiger partial charge < -0.3 is 5.11 Å². The molecule has 2 nitrogen and oxygen atoms in total. The Balaban J connectivity index is 2.12. The van der Waals surface area contributed by atoms with Crippen LogP contribution in [-0.2, 0) is 6.42 Å². The minimum atomic E-state index is -0.410. The standard InChI is InChI=1S/C12H13NOS/c1-9(14)11-8-13-12(15-11)7-10-5-3-2-4-6-10/h2-6,8-9,14H,7H2,1H3. The smallest absolute Gasteiger partial charge is 0.0972 e. The van der Waals surface area contributed by atoms with Crippen molar-refractivity contribution < 1.29 is 5.11 Å². The van der Waals surface area contributed by atoms with Gasteiger partial charge in [0.15, 0.2) is 0 Å². The summed E-state index contributed by atoms with van der Waals surface area (Å²) < 4.78 is 0. The molecule has 2 aromatic rings. The molecule has 0 amide bonds. The zero-order valence-corrected chi connectivity index (χ0v) is 9.37. The third-order valence-electron chi connectivity index (χ3n) is 2.18. The molecule has 0 aliphatic rings. The molecule has 0 saturated heterocycles. The van der Waals surface area contributed by atoms with E-state index in [1.807, 2.05) is 18.2 Å². The van der Waals surface area contributed by atoms with Crippen LogP contribution in [0.25, 0.3) is 0 Å². The summed E-state index contributed by atoms with van der Waals surface area (Å²) in [4.78, 5) is 5.22. The molecule has 0 spiro atoms. The highest BCUT2D eigenvalue weighted by Gasteiger charge is 2.06. The molecule has 0 aliphatic carbocycles. The lowest BCUT2D eigenvalue weighted by molar-refractivity contribution is 0.203. The number of benzene rings is 1. The van der Waals surface area contributed by atoms with E-state index in [2.05, 4.69) is 17.1 Å². The Hall–Kier alpha value is -1.19. The maximum Gasteiger partial charge on any atom is 0.0972 e. The number of aromatic nitrogens is 1. The lowest BCUT2D eigenvalue weighted by Crippen LogP contribution is -1.85. The van der Waals surface area contributed by atoms with Crippen molar-refractivity contribution in [1.82, 2.24) is 4.98 Å². The molecule has 3 heteroatoms. The van der Waals surface area contributed by atoms with E-state index in [0.717, 1.165) is 16.3 Å². The predicted molar refractivity (Wildman–Crippen MR) is 62.0 cm³/mol. The summed E-state index contributed by atoms with van der Waals surface area (Å²) in [5.74, 6) is 0. The van der Waals surface area contributed by atoms with Gasteiger partial charge in [0.05, 0.1) is 16.0 Å². The number of aliphatic hydroxyl groups is 1. The molecule has 1 atom stereocenters. The van der Waals surface area contributed by atoms with Crippen molar-refractivity contribution >= 4 is 11.3 Å². The van der Waals surface area contributed by atoms with Crippen LogP contribution in [0.15, 0.2) is 36.5 Å². The van der Waals surface area contributed by atoms with Crippen molar-refractivity contribution in [3.63, 3.8) is 0 Å². The van der Waals surface area contributed by atoms with Gasteiger partial charge in [0.25, 0.3) is 0 Å². The van der Waals surface area contributed by atoms with E-state index in [1.54, 1.807) is 24.5 Å². The van der Waals surface area contributed by atoms with Gasteiger partial charge in [-0.3, -0.25) is 0 Å². The molecule has 0 saturated carbocycles. The SMILES string of the molecule is CC(O)c1cnc(Cc2ccccc2)s1. The number of hydrogen-bond donors (Lipinski definition) is 1. The quantitative estimate of drug-likeness (QED) is 0.861. The average Bonchev–Trinajstić information content (AvgIpc) is 2.68. The van der Waals surface area contributed by atoms with Crippen molar-refractivity contribution in [2.75, 3.05) is 0 Å². The van der Waals surface area contributed by atoms with Gasteiger partial charge in [0, 0.05) is 12.6 Å². The Kier molecular flexibility index (Phi) is 3.14. The van der Waals surface area contributed by atoms with Crippen LogP contribution < -0.4 is 0 Å². The van der Waals surface area contributed by atoms with Crippen LogP contribution in [0.2, 0.25) is 0 Å². The van der Waals surface area contributed by atoms with E-state index in [1.165, 1.54) is 5.56 Å². The maximum atomic E-state index is 9.37. The van der Waals surface area contributed by atoms with Gasteiger partial charge in [-0.25, -0.2) is 4.98 Å². The Morgan fingerprint density at radius 2 is 2.07 bits per heavy atom. The third kappa shape index (κ3) is 2.64. The Labute approximate surface area is 93.2 Å². The molecule has 1 unspecified atom stereocenters. The largest absolute Gasteiger partial charge is 0.388 e. The fourth-order valence-corrected chi connectivity index (χ4v) is 2.26. The molecule has 78 valence electrons. The van der Waals surface area contributed by atoms with Gasteiger partial charge in [0.1, 0.15) is 0 Å². The average molecular weight is 219 g/mol. The van der Waals surface area contributed by atoms with Crippen molar-refractivity contribution in [2.24, 2.45) is 0 Å². The predicted octanol–water partition coefficient (Wildman–Crippen LogP) is 2.79. The van der Waals surface area contributed by atoms with Crippen LogP contribution in [0.4, 0.5) is 0 Å². The second kappa shape index (κ2) is 4.55. The Morgan fingerprint density at radius 3 is 2.67 bits per heavy atom. The summed E-state index contributed by atoms with van der Waals surface area (Å²) >= 11 is 1.57. The lowest BCUT2D eigenvalue weighted by atomic mass is 10.2. The van der Waals surface area contributed by atoms with Gasteiger partial charge in [0.2, 0.25) is 0 Å². The van der Waals surface area contributed by atoms with E-state index in [-0.39, 0.29) is 0 Å². The van der Waals surface area contributed by atoms with Gasteiger partial charge in [-0.2, -0.15) is 0 Å². The van der Waals surface area contributed by atoms with Gasteiger partial charge in [-0.15, -0.1) is 11.3 Å². The van der Waals surface area contributed by atoms with E-state index in [9.17, 15) is 5.11 Å². The van der Waals surface area contributed by atoms with E-state index in [0.29, 0.717) is 0 Å². The number of hydrogen-bond acceptors (Lipinski definition) is 3. The molecule has 15 heavy (non-hydrogen) atoms. The number of rotatable bonds is 3. The molecule has 1 aromatic heterocycles. The molecular formula is C12H13NOS. The first-order valence-corrected chi connectivity index (χ1v) is 5.74. The highest BCUT2D eigenvalue weighted by molar-refractivity contribution is 7.11. The molecule has 0 fully saturated rings. The second-order valence-electron chi connectivity index (χ2n) is 3.49. The van der Waals surface area contributed by atoms with E-state index < -0.39 is 6.10 Å². The number of aliphatic hydroxyl groups excluding tert-OH is 1. The monoisotopic (exact) mass is 219 g/mol. The minimum absolute atomic E-state index is 0.410. The highest BCUT2D eigenvalue weighted by atomic mass is 32.1. The number of nitrogens with zero attached hydrogens (tertiary/aromatic N) is 1. The second-order valence-corrected chi connectivity index (χ2v) is 4.64. The van der Waals surface area contributed by atoms with Crippen LogP contribution in [0.5, 0.6) is 0 Å². The summed E-state index contributed by atoms with van der Waals surface area (Å²) in [5, 5.41) is 10.4. The fraction of sp³-hybridized carbons (Fsp3) is 0.250. The van der Waals surface area contributed by atoms with Crippen molar-refractivity contribution in [3.05, 3.63) is 52.0 Å². The minimum Gasteiger partial charge on any atom is -0.388 e. The fourth-order valence-electron chi connectivity index (χ4n) is 1.37.